The molecular weight excluding hydrogens is 1450 g/mol. The number of hydrogen-bond acceptors (Lipinski definition) is 18. The van der Waals surface area contributed by atoms with E-state index in [1.54, 1.807) is 20.8 Å². The van der Waals surface area contributed by atoms with E-state index in [0.717, 1.165) is 81.8 Å². The number of alkyl halides is 1. The molecule has 7 rings (SSSR count). The third-order valence-electron chi connectivity index (χ3n) is 14.8. The number of cyclic esters (lactones) is 4. The molecule has 2 N–H and O–H groups in total. The van der Waals surface area contributed by atoms with Crippen LogP contribution in [0.5, 0.6) is 0 Å². The van der Waals surface area contributed by atoms with Crippen LogP contribution in [0.3, 0.4) is 0 Å². The monoisotopic (exact) mass is 1580 g/mol. The summed E-state index contributed by atoms with van der Waals surface area (Å²) >= 11 is 8.01. The second-order valence-corrected chi connectivity index (χ2v) is 29.0. The van der Waals surface area contributed by atoms with Crippen LogP contribution in [0, 0.1) is 24.7 Å². The van der Waals surface area contributed by atoms with Gasteiger partial charge in [0.05, 0.1) is 44.0 Å². The minimum absolute atomic E-state index is 0. The smallest absolute Gasteiger partial charge is 1.00 e. The van der Waals surface area contributed by atoms with Gasteiger partial charge < -0.3 is 51.9 Å². The maximum absolute atomic E-state index is 13.1. The van der Waals surface area contributed by atoms with E-state index in [1.807, 2.05) is 160 Å². The Labute approximate surface area is 681 Å². The Morgan fingerprint density at radius 1 is 0.585 bits per heavy atom. The van der Waals surface area contributed by atoms with Gasteiger partial charge in [-0.15, -0.1) is 12.4 Å². The first kappa shape index (κ1) is 109. The van der Waals surface area contributed by atoms with Gasteiger partial charge in [-0.2, -0.15) is 6.42 Å². The molecule has 21 nitrogen and oxygen atoms in total. The Morgan fingerprint density at radius 2 is 1.01 bits per heavy atom. The molecule has 3 radical (unpaired) electrons. The van der Waals surface area contributed by atoms with Crippen molar-refractivity contribution in [2.24, 2.45) is 17.8 Å². The number of aliphatic hydroxyl groups is 1. The van der Waals surface area contributed by atoms with Crippen molar-refractivity contribution in [2.45, 2.75) is 267 Å². The fourth-order valence-corrected chi connectivity index (χ4v) is 10.3. The molecule has 0 aromatic heterocycles. The number of nitrogens with zero attached hydrogens (tertiary/aromatic N) is 2. The standard InChI is InChI=1S/C21H29NO5.C15H19NO3.C11H22O3.C10H11NO2.C7H12O2.C6H11BrO2.C5H9ClO.C4H9.B.ClH.2Li.H/c1-5-9-16(13-18(23)27-21(2,3)4)19(24)22-17(14-26-20(22)25)12-15-10-7-6-8-11-15;1-2-3-9-14(17)16-13(11-19-15(16)18)10-12-7-5-4-6-8-12;1-5-6-9(8-12)7-10(13)14-11(2,3)4;12-10-11-9(7-13-10)6-8-4-2-1-3-5-8;1-2-3-6-4-7(8)9-5-6;1-6(2,3)9-5(8)4-7;1-2-3-4-5(6)7;1-3-4-2;;;;;/h6-8,10-11,16-17H,5,9,12-14H2,1-4H3;4-8,13H,2-3,9-11H2,1H3;9,12H,5-8H2,1-4H3;1-5,9H,6-7H2,(H,11,12);6H,2-5H2,1H3;4H2,1-3H3;2-4H2,1H3;1,3-4H2,2H3;;1H;;;/q;;;;;;;-1;;;2*+1;-1/t16-,17+;13-;2*9-;6-;;;;;;;;/m10101......../s1. The van der Waals surface area contributed by atoms with E-state index in [9.17, 15) is 47.9 Å². The summed E-state index contributed by atoms with van der Waals surface area (Å²) < 4.78 is 35.1. The Balaban J connectivity index is -0.000000285. The van der Waals surface area contributed by atoms with Crippen molar-refractivity contribution in [1.29, 1.82) is 0 Å². The first-order chi connectivity index (χ1) is 48.1. The number of hydrogen-bond donors (Lipinski definition) is 2. The molecule has 3 aromatic rings. The molecule has 4 saturated heterocycles. The number of benzene rings is 3. The molecule has 0 aliphatic carbocycles. The molecular formula is C79H124BBrCl2Li2N3O18. The predicted octanol–water partition coefficient (Wildman–Crippen LogP) is 10.8. The molecule has 4 aliphatic rings. The Morgan fingerprint density at radius 3 is 1.36 bits per heavy atom. The summed E-state index contributed by atoms with van der Waals surface area (Å²) in [6, 6.07) is 29.2. The van der Waals surface area contributed by atoms with Crippen molar-refractivity contribution in [3.8, 4) is 0 Å². The number of carbonyl (C=O) groups is 10. The average molecular weight is 1580 g/mol. The van der Waals surface area contributed by atoms with Gasteiger partial charge in [-0.3, -0.25) is 33.6 Å². The van der Waals surface area contributed by atoms with Crippen LogP contribution >= 0.6 is 39.9 Å². The number of nitrogens with one attached hydrogen (secondary N) is 1. The molecule has 106 heavy (non-hydrogen) atoms. The number of ether oxygens (including phenoxy) is 7. The number of alkyl carbamates (subject to hydrolysis) is 1. The third kappa shape index (κ3) is 54.3. The number of aliphatic hydroxyl groups excluding tert-OH is 1. The summed E-state index contributed by atoms with van der Waals surface area (Å²) in [7, 11) is 0. The third-order valence-corrected chi connectivity index (χ3v) is 15.4. The van der Waals surface area contributed by atoms with Crippen molar-refractivity contribution in [1.82, 2.24) is 15.1 Å². The quantitative estimate of drug-likeness (QED) is 0.0189. The zero-order chi connectivity index (χ0) is 77.3. The summed E-state index contributed by atoms with van der Waals surface area (Å²) in [5.41, 5.74) is 1.96. The molecule has 6 atom stereocenters. The molecule has 4 fully saturated rings. The SMILES string of the molecule is CC(C)(C)OC(=O)CBr.CCCCC(=O)Cl.CCCCC(=O)N1C(=O)OC[C@@H]1Cc1ccccc1.CCC[C@@H](CO)CC(=O)OC(C)(C)C.CCC[C@H](CC(=O)OC(C)(C)C)C(=O)N1C(=O)OC[C@@H]1Cc1ccccc1.CCC[C@H]1COC(=O)C1.Cl.O=C1N[C@@H](Cc2ccccc2)CO1.[B].[CH2-]CCC.[H-].[Li+].[Li+]. The predicted molar refractivity (Wildman–Crippen MR) is 415 cm³/mol. The van der Waals surface area contributed by atoms with Gasteiger partial charge in [0.25, 0.3) is 0 Å². The van der Waals surface area contributed by atoms with Crippen LogP contribution in [0.4, 0.5) is 14.4 Å². The van der Waals surface area contributed by atoms with Crippen LogP contribution in [0.2, 0.25) is 0 Å². The molecule has 0 saturated carbocycles. The number of imide groups is 2. The summed E-state index contributed by atoms with van der Waals surface area (Å²) in [6.07, 6.45) is 13.8. The molecule has 5 amide bonds. The molecule has 27 heteroatoms. The number of esters is 4. The fourth-order valence-electron chi connectivity index (χ4n) is 10.0. The second-order valence-electron chi connectivity index (χ2n) is 28.0. The van der Waals surface area contributed by atoms with Gasteiger partial charge in [0.15, 0.2) is 0 Å². The topological polar surface area (TPSA) is 274 Å². The minimum Gasteiger partial charge on any atom is -1.00 e. The Hall–Kier alpha value is -5.36. The van der Waals surface area contributed by atoms with Crippen LogP contribution in [-0.2, 0) is 86.0 Å². The molecule has 0 spiro atoms. The number of carbonyl (C=O) groups excluding carboxylic acids is 10. The van der Waals surface area contributed by atoms with Crippen molar-refractivity contribution < 1.29 is 125 Å². The molecule has 0 unspecified atom stereocenters. The maximum atomic E-state index is 13.1. The molecule has 4 heterocycles. The van der Waals surface area contributed by atoms with Crippen molar-refractivity contribution in [3.05, 3.63) is 115 Å². The molecule has 0 bridgehead atoms. The number of unbranched alkanes of at least 4 members (excludes halogenated alkanes) is 3. The van der Waals surface area contributed by atoms with E-state index in [0.29, 0.717) is 70.7 Å². The van der Waals surface area contributed by atoms with E-state index in [-0.39, 0.29) is 156 Å². The summed E-state index contributed by atoms with van der Waals surface area (Å²) in [5, 5.41) is 11.8. The van der Waals surface area contributed by atoms with Crippen LogP contribution in [-0.4, -0.2) is 156 Å². The van der Waals surface area contributed by atoms with Gasteiger partial charge in [-0.1, -0.05) is 187 Å². The number of halogens is 3. The van der Waals surface area contributed by atoms with E-state index >= 15 is 0 Å². The number of amides is 5. The first-order valence-electron chi connectivity index (χ1n) is 36.1. The molecule has 4 aliphatic heterocycles. The van der Waals surface area contributed by atoms with Gasteiger partial charge in [0.2, 0.25) is 17.1 Å². The van der Waals surface area contributed by atoms with Crippen molar-refractivity contribution in [3.63, 3.8) is 0 Å². The van der Waals surface area contributed by atoms with Gasteiger partial charge >= 0.3 is 79.9 Å². The van der Waals surface area contributed by atoms with Crippen molar-refractivity contribution >= 4 is 108 Å². The van der Waals surface area contributed by atoms with Gasteiger partial charge in [-0.25, -0.2) is 24.2 Å². The zero-order valence-electron chi connectivity index (χ0n) is 67.7. The van der Waals surface area contributed by atoms with Crippen LogP contribution in [0.15, 0.2) is 91.0 Å². The van der Waals surface area contributed by atoms with Crippen LogP contribution < -0.4 is 43.0 Å². The van der Waals surface area contributed by atoms with Crippen LogP contribution in [0.25, 0.3) is 0 Å². The first-order valence-corrected chi connectivity index (χ1v) is 37.6. The Bertz CT molecular complexity index is 2900. The van der Waals surface area contributed by atoms with Crippen molar-refractivity contribution in [2.75, 3.05) is 38.4 Å². The average Bonchev–Trinajstić information content (AvgIpc) is 1.72. The van der Waals surface area contributed by atoms with E-state index in [4.69, 9.17) is 49.9 Å². The summed E-state index contributed by atoms with van der Waals surface area (Å²) in [5.74, 6) is -1.38. The summed E-state index contributed by atoms with van der Waals surface area (Å²) in [4.78, 5) is 117. The fraction of sp³-hybridized carbons (Fsp3) is 0.633. The van der Waals surface area contributed by atoms with Gasteiger partial charge in [-0.05, 0) is 148 Å². The van der Waals surface area contributed by atoms with Gasteiger partial charge in [0.1, 0.15) is 42.0 Å². The van der Waals surface area contributed by atoms with E-state index in [2.05, 4.69) is 42.0 Å². The summed E-state index contributed by atoms with van der Waals surface area (Å²) in [6.45, 7) is 34.0. The maximum Gasteiger partial charge on any atom is 1.00 e. The largest absolute Gasteiger partial charge is 1.00 e. The van der Waals surface area contributed by atoms with E-state index < -0.39 is 35.3 Å². The molecule has 3 aromatic carbocycles. The van der Waals surface area contributed by atoms with Gasteiger partial charge in [0, 0.05) is 39.7 Å². The normalized spacial score (nSPS) is 16.4. The second kappa shape index (κ2) is 62.4. The van der Waals surface area contributed by atoms with E-state index in [1.165, 1.54) is 21.8 Å². The minimum atomic E-state index is -0.633. The number of rotatable bonds is 26. The zero-order valence-corrected chi connectivity index (χ0v) is 69.9. The van der Waals surface area contributed by atoms with Crippen LogP contribution in [0.1, 0.15) is 231 Å². The molecule has 589 valence electrons. The Kier molecular flexibility index (Phi) is 64.3.